The van der Waals surface area contributed by atoms with E-state index in [4.69, 9.17) is 31.9 Å². The van der Waals surface area contributed by atoms with E-state index >= 15 is 0 Å². The summed E-state index contributed by atoms with van der Waals surface area (Å²) < 4.78 is 33.7. The van der Waals surface area contributed by atoms with Crippen molar-refractivity contribution in [2.75, 3.05) is 0 Å². The molecule has 1 atom stereocenters. The maximum Gasteiger partial charge on any atom is 0.519 e. The molecule has 0 bridgehead atoms. The Balaban J connectivity index is 1.67. The minimum absolute atomic E-state index is 0.0138. The molecule has 0 unspecified atom stereocenters. The molecule has 3 rings (SSSR count). The van der Waals surface area contributed by atoms with E-state index in [1.807, 2.05) is 0 Å². The third-order valence-corrected chi connectivity index (χ3v) is 6.75. The molecule has 2 aromatic rings. The Bertz CT molecular complexity index is 1210. The molecule has 1 fully saturated rings. The van der Waals surface area contributed by atoms with Crippen LogP contribution in [0.5, 0.6) is 0 Å². The summed E-state index contributed by atoms with van der Waals surface area (Å²) in [7, 11) is 0. The second-order valence-electron chi connectivity index (χ2n) is 8.96. The normalized spacial score (nSPS) is 15.1. The SMILES string of the molecule is Cc1oc(=O)oc1COC(=O)N[C@@H](C(=O)OC1CCCCC1)C(C)(C)SC(=O)OCc1oc(=O)oc1C. The number of amides is 1. The molecular formula is C23H29NO12S. The summed E-state index contributed by atoms with van der Waals surface area (Å²) in [4.78, 5) is 60.6. The van der Waals surface area contributed by atoms with Crippen LogP contribution in [-0.2, 0) is 32.2 Å². The fourth-order valence-electron chi connectivity index (χ4n) is 3.66. The topological polar surface area (TPSA) is 178 Å². The predicted molar refractivity (Wildman–Crippen MR) is 126 cm³/mol. The fourth-order valence-corrected chi connectivity index (χ4v) is 4.48. The maximum absolute atomic E-state index is 13.1. The van der Waals surface area contributed by atoms with E-state index in [-0.39, 0.29) is 35.8 Å². The van der Waals surface area contributed by atoms with Crippen molar-refractivity contribution in [1.29, 1.82) is 0 Å². The van der Waals surface area contributed by atoms with Crippen LogP contribution < -0.4 is 17.0 Å². The number of rotatable bonds is 9. The first-order valence-electron chi connectivity index (χ1n) is 11.6. The monoisotopic (exact) mass is 543 g/mol. The standard InChI is InChI=1S/C23H29NO12S/c1-12-15(35-20(27)32-12)10-30-19(26)24-17(18(25)34-14-8-6-5-7-9-14)23(3,4)37-22(29)31-11-16-13(2)33-21(28)36-16/h14,17H,5-11H2,1-4H3,(H,24,26)/t17-/m0/s1. The van der Waals surface area contributed by atoms with Gasteiger partial charge in [-0.25, -0.2) is 24.0 Å². The Morgan fingerprint density at radius 2 is 1.46 bits per heavy atom. The molecule has 0 aromatic carbocycles. The Morgan fingerprint density at radius 1 is 0.919 bits per heavy atom. The summed E-state index contributed by atoms with van der Waals surface area (Å²) in [6.45, 7) is 5.27. The van der Waals surface area contributed by atoms with Crippen LogP contribution in [0.15, 0.2) is 27.3 Å². The van der Waals surface area contributed by atoms with Gasteiger partial charge in [-0.1, -0.05) is 6.42 Å². The largest absolute Gasteiger partial charge is 0.519 e. The predicted octanol–water partition coefficient (Wildman–Crippen LogP) is 3.72. The number of ether oxygens (including phenoxy) is 3. The first-order valence-corrected chi connectivity index (χ1v) is 12.4. The number of esters is 1. The van der Waals surface area contributed by atoms with Crippen molar-refractivity contribution < 1.29 is 46.3 Å². The molecule has 37 heavy (non-hydrogen) atoms. The molecule has 204 valence electrons. The Kier molecular flexibility index (Phi) is 9.29. The molecule has 0 saturated heterocycles. The van der Waals surface area contributed by atoms with Gasteiger partial charge in [-0.3, -0.25) is 0 Å². The molecule has 2 heterocycles. The molecule has 1 amide bonds. The third kappa shape index (κ3) is 8.03. The molecule has 1 saturated carbocycles. The summed E-state index contributed by atoms with van der Waals surface area (Å²) in [5.74, 6) is -2.22. The van der Waals surface area contributed by atoms with E-state index in [0.29, 0.717) is 24.6 Å². The van der Waals surface area contributed by atoms with E-state index in [1.54, 1.807) is 13.8 Å². The van der Waals surface area contributed by atoms with Crippen molar-refractivity contribution in [1.82, 2.24) is 5.32 Å². The number of nitrogens with one attached hydrogen (secondary N) is 1. The van der Waals surface area contributed by atoms with Crippen molar-refractivity contribution in [2.45, 2.75) is 89.9 Å². The van der Waals surface area contributed by atoms with Gasteiger partial charge in [0.05, 0.1) is 4.75 Å². The van der Waals surface area contributed by atoms with Crippen molar-refractivity contribution >= 4 is 29.1 Å². The zero-order valence-electron chi connectivity index (χ0n) is 20.9. The minimum atomic E-state index is -1.31. The van der Waals surface area contributed by atoms with Crippen LogP contribution >= 0.6 is 11.8 Å². The van der Waals surface area contributed by atoms with Crippen molar-refractivity contribution in [2.24, 2.45) is 0 Å². The van der Waals surface area contributed by atoms with Crippen molar-refractivity contribution in [3.63, 3.8) is 0 Å². The van der Waals surface area contributed by atoms with Crippen molar-refractivity contribution in [3.8, 4) is 0 Å². The van der Waals surface area contributed by atoms with Gasteiger partial charge in [0.25, 0.3) is 0 Å². The highest BCUT2D eigenvalue weighted by Crippen LogP contribution is 2.32. The number of hydrogen-bond donors (Lipinski definition) is 1. The third-order valence-electron chi connectivity index (χ3n) is 5.70. The van der Waals surface area contributed by atoms with Crippen LogP contribution in [0, 0.1) is 13.8 Å². The Labute approximate surface area is 215 Å². The molecule has 14 heteroatoms. The summed E-state index contributed by atoms with van der Waals surface area (Å²) >= 11 is 0.637. The quantitative estimate of drug-likeness (QED) is 0.358. The van der Waals surface area contributed by atoms with E-state index in [1.165, 1.54) is 13.8 Å². The zero-order valence-corrected chi connectivity index (χ0v) is 21.7. The Morgan fingerprint density at radius 3 is 1.97 bits per heavy atom. The molecule has 1 aliphatic rings. The summed E-state index contributed by atoms with van der Waals surface area (Å²) in [6.07, 6.45) is 2.98. The van der Waals surface area contributed by atoms with E-state index in [2.05, 4.69) is 5.32 Å². The number of carbonyl (C=O) groups is 3. The van der Waals surface area contributed by atoms with Crippen LogP contribution in [0.1, 0.15) is 69.0 Å². The minimum Gasteiger partial charge on any atom is -0.461 e. The van der Waals surface area contributed by atoms with Crippen LogP contribution in [-0.4, -0.2) is 34.3 Å². The van der Waals surface area contributed by atoms with Gasteiger partial charge in [0.1, 0.15) is 12.1 Å². The molecule has 0 spiro atoms. The van der Waals surface area contributed by atoms with Gasteiger partial charge < -0.3 is 37.2 Å². The highest BCUT2D eigenvalue weighted by Gasteiger charge is 2.42. The van der Waals surface area contributed by atoms with Crippen molar-refractivity contribution in [3.05, 3.63) is 44.3 Å². The maximum atomic E-state index is 13.1. The van der Waals surface area contributed by atoms with Crippen LogP contribution in [0.4, 0.5) is 9.59 Å². The number of thioether (sulfide) groups is 1. The first kappa shape index (κ1) is 28.2. The van der Waals surface area contributed by atoms with Crippen LogP contribution in [0.3, 0.4) is 0 Å². The first-order chi connectivity index (χ1) is 17.4. The van der Waals surface area contributed by atoms with Gasteiger partial charge in [-0.05, 0) is 65.1 Å². The number of hydrogen-bond acceptors (Lipinski definition) is 13. The second-order valence-corrected chi connectivity index (χ2v) is 10.6. The highest BCUT2D eigenvalue weighted by atomic mass is 32.2. The lowest BCUT2D eigenvalue weighted by atomic mass is 9.97. The van der Waals surface area contributed by atoms with Gasteiger partial charge in [0.2, 0.25) is 0 Å². The number of alkyl carbamates (subject to hydrolysis) is 1. The summed E-state index contributed by atoms with van der Waals surface area (Å²) in [5, 5.41) is 1.65. The average Bonchev–Trinajstić information content (AvgIpc) is 3.32. The van der Waals surface area contributed by atoms with Gasteiger partial charge >= 0.3 is 29.0 Å². The van der Waals surface area contributed by atoms with E-state index < -0.39 is 46.4 Å². The highest BCUT2D eigenvalue weighted by molar-refractivity contribution is 8.14. The molecule has 1 aliphatic carbocycles. The number of carbonyl (C=O) groups excluding carboxylic acids is 3. The lowest BCUT2D eigenvalue weighted by molar-refractivity contribution is -0.153. The van der Waals surface area contributed by atoms with Gasteiger partial charge in [-0.15, -0.1) is 0 Å². The lowest BCUT2D eigenvalue weighted by Gasteiger charge is -2.33. The molecule has 1 N–H and O–H groups in total. The second kappa shape index (κ2) is 12.2. The van der Waals surface area contributed by atoms with Gasteiger partial charge in [0.15, 0.2) is 36.3 Å². The summed E-state index contributed by atoms with van der Waals surface area (Å²) in [5.41, 5.74) is 0. The zero-order chi connectivity index (χ0) is 27.2. The molecule has 0 aliphatic heterocycles. The summed E-state index contributed by atoms with van der Waals surface area (Å²) in [6, 6.07) is -1.31. The van der Waals surface area contributed by atoms with Crippen LogP contribution in [0.25, 0.3) is 0 Å². The molecular weight excluding hydrogens is 514 g/mol. The van der Waals surface area contributed by atoms with E-state index in [9.17, 15) is 24.0 Å². The van der Waals surface area contributed by atoms with E-state index in [0.717, 1.165) is 19.3 Å². The number of aryl methyl sites for hydroxylation is 2. The Hall–Kier alpha value is -3.42. The molecule has 2 aromatic heterocycles. The molecule has 0 radical (unpaired) electrons. The molecule has 13 nitrogen and oxygen atoms in total. The average molecular weight is 544 g/mol. The van der Waals surface area contributed by atoms with Gasteiger partial charge in [0, 0.05) is 0 Å². The van der Waals surface area contributed by atoms with Crippen LogP contribution in [0.2, 0.25) is 0 Å². The fraction of sp³-hybridized carbons (Fsp3) is 0.609. The lowest BCUT2D eigenvalue weighted by Crippen LogP contribution is -2.54. The van der Waals surface area contributed by atoms with Gasteiger partial charge in [-0.2, -0.15) is 0 Å². The smallest absolute Gasteiger partial charge is 0.461 e.